The first kappa shape index (κ1) is 55.0. The van der Waals surface area contributed by atoms with Crippen molar-refractivity contribution in [3.63, 3.8) is 0 Å². The smallest absolute Gasteiger partial charge is 0.303 e. The predicted molar refractivity (Wildman–Crippen MR) is 241 cm³/mol. The molecule has 23 nitrogen and oxygen atoms in total. The van der Waals surface area contributed by atoms with Crippen LogP contribution in [0.25, 0.3) is 0 Å². The number of carbonyl (C=O) groups excluding carboxylic acids is 9. The number of benzene rings is 1. The van der Waals surface area contributed by atoms with Gasteiger partial charge in [-0.05, 0) is 68.6 Å². The number of carboxylic acids is 1. The molecule has 0 unspecified atom stereocenters. The number of aliphatic carboxylic acids is 1. The number of aromatic hydroxyl groups is 1. The molecule has 1 aliphatic carbocycles. The number of nitrogens with one attached hydrogen (secondary N) is 7. The first-order valence-electron chi connectivity index (χ1n) is 22.2. The molecule has 0 radical (unpaired) electrons. The summed E-state index contributed by atoms with van der Waals surface area (Å²) in [6, 6.07) is -2.96. The minimum absolute atomic E-state index is 0.00532. The van der Waals surface area contributed by atoms with E-state index in [0.717, 1.165) is 0 Å². The molecule has 1 spiro atoms. The minimum Gasteiger partial charge on any atom is -0.504 e. The van der Waals surface area contributed by atoms with Crippen LogP contribution in [0.5, 0.6) is 11.5 Å². The second-order valence-corrected chi connectivity index (χ2v) is 18.7. The lowest BCUT2D eigenvalue weighted by Gasteiger charge is -2.38. The van der Waals surface area contributed by atoms with Gasteiger partial charge in [0.2, 0.25) is 53.2 Å². The van der Waals surface area contributed by atoms with E-state index in [1.54, 1.807) is 13.8 Å². The third kappa shape index (κ3) is 18.5. The third-order valence-corrected chi connectivity index (χ3v) is 12.5. The van der Waals surface area contributed by atoms with Gasteiger partial charge in [0.15, 0.2) is 11.5 Å². The standard InChI is InChI=1S/C43H65N9O14S/c1-24(2)18-27-40(62)50-28(19-25-13-14-31(53)32(20-25)66-3)41(63)52-43(15-6-4-7-16-43)42(64)51-29(21-33(44)54)38(60)46-17-8-5-11-34(55)48-30(37(45)59)22-67(65)23-35(56)47-26(39(61)49-27)10-9-12-36(57)58/h13-14,20,24,26-30,53H,4-12,15-19,21-23H2,1-3H3,(H2,44,54)(H2,45,59)(H,46,60)(H,47,56)(H,48,55)(H,49,61)(H,50,62)(H,51,64)(H,52,63)(H,57,58)/t26-,27-,28-,29-,30+,67+/m0/s1. The number of primary amides is 2. The van der Waals surface area contributed by atoms with Crippen LogP contribution >= 0.6 is 0 Å². The molecule has 6 atom stereocenters. The van der Waals surface area contributed by atoms with E-state index >= 15 is 0 Å². The van der Waals surface area contributed by atoms with Crippen molar-refractivity contribution >= 4 is 69.9 Å². The number of carbonyl (C=O) groups is 10. The van der Waals surface area contributed by atoms with Crippen molar-refractivity contribution < 1.29 is 67.1 Å². The van der Waals surface area contributed by atoms with Crippen LogP contribution in [0, 0.1) is 5.92 Å². The molecule has 1 heterocycles. The Morgan fingerprint density at radius 1 is 0.821 bits per heavy atom. The van der Waals surface area contributed by atoms with E-state index in [1.165, 1.54) is 25.3 Å². The van der Waals surface area contributed by atoms with Crippen LogP contribution in [-0.4, -0.2) is 134 Å². The van der Waals surface area contributed by atoms with Gasteiger partial charge in [0, 0.05) is 36.6 Å². The van der Waals surface area contributed by atoms with E-state index in [2.05, 4.69) is 37.2 Å². The van der Waals surface area contributed by atoms with Gasteiger partial charge in [-0.15, -0.1) is 0 Å². The van der Waals surface area contributed by atoms with Gasteiger partial charge in [-0.3, -0.25) is 52.2 Å². The van der Waals surface area contributed by atoms with Gasteiger partial charge in [0.05, 0.1) is 19.3 Å². The van der Waals surface area contributed by atoms with E-state index in [-0.39, 0.29) is 81.7 Å². The molecular formula is C43H65N9O14S. The Balaban J connectivity index is 2.10. The minimum atomic E-state index is -2.13. The van der Waals surface area contributed by atoms with E-state index in [9.17, 15) is 62.4 Å². The Labute approximate surface area is 390 Å². The van der Waals surface area contributed by atoms with E-state index < -0.39 is 130 Å². The Morgan fingerprint density at radius 2 is 1.49 bits per heavy atom. The molecule has 0 aromatic heterocycles. The molecule has 1 aromatic carbocycles. The summed E-state index contributed by atoms with van der Waals surface area (Å²) in [6.45, 7) is 3.49. The number of phenols is 1. The second kappa shape index (κ2) is 26.7. The highest BCUT2D eigenvalue weighted by molar-refractivity contribution is 7.85. The fourth-order valence-electron chi connectivity index (χ4n) is 7.70. The predicted octanol–water partition coefficient (Wildman–Crippen LogP) is -2.10. The average molecular weight is 964 g/mol. The average Bonchev–Trinajstić information content (AvgIpc) is 3.24. The van der Waals surface area contributed by atoms with Gasteiger partial charge in [0.1, 0.15) is 41.5 Å². The Hall–Kier alpha value is -6.33. The number of hydrogen-bond acceptors (Lipinski definition) is 13. The lowest BCUT2D eigenvalue weighted by Crippen LogP contribution is -2.66. The lowest BCUT2D eigenvalue weighted by atomic mass is 9.80. The molecule has 2 fully saturated rings. The molecule has 1 saturated heterocycles. The molecule has 372 valence electrons. The topological polar surface area (TPSA) is 374 Å². The number of hydrogen-bond donors (Lipinski definition) is 11. The van der Waals surface area contributed by atoms with Crippen LogP contribution in [0.3, 0.4) is 0 Å². The zero-order valence-corrected chi connectivity index (χ0v) is 38.9. The van der Waals surface area contributed by atoms with Crippen LogP contribution in [-0.2, 0) is 65.2 Å². The summed E-state index contributed by atoms with van der Waals surface area (Å²) < 4.78 is 18.4. The number of methoxy groups -OCH3 is 1. The van der Waals surface area contributed by atoms with Crippen LogP contribution in [0.1, 0.15) is 103 Å². The fraction of sp³-hybridized carbons (Fsp3) is 0.628. The number of ether oxygens (including phenoxy) is 1. The zero-order chi connectivity index (χ0) is 49.8. The number of nitrogens with two attached hydrogens (primary N) is 2. The van der Waals surface area contributed by atoms with Crippen LogP contribution in [0.15, 0.2) is 18.2 Å². The highest BCUT2D eigenvalue weighted by atomic mass is 32.2. The van der Waals surface area contributed by atoms with Crippen molar-refractivity contribution in [1.29, 1.82) is 0 Å². The van der Waals surface area contributed by atoms with Crippen LogP contribution < -0.4 is 53.4 Å². The summed E-state index contributed by atoms with van der Waals surface area (Å²) >= 11 is 0. The maximum Gasteiger partial charge on any atom is 0.303 e. The number of amides is 9. The van der Waals surface area contributed by atoms with Gasteiger partial charge in [-0.1, -0.05) is 39.2 Å². The maximum absolute atomic E-state index is 14.6. The molecule has 1 aliphatic heterocycles. The van der Waals surface area contributed by atoms with Crippen molar-refractivity contribution in [2.75, 3.05) is 25.2 Å². The van der Waals surface area contributed by atoms with Crippen molar-refractivity contribution in [3.05, 3.63) is 23.8 Å². The normalized spacial score (nSPS) is 24.6. The van der Waals surface area contributed by atoms with E-state index in [1.807, 2.05) is 0 Å². The van der Waals surface area contributed by atoms with Gasteiger partial charge in [-0.25, -0.2) is 0 Å². The molecule has 1 saturated carbocycles. The number of phenolic OH excluding ortho intramolecular Hbond substituents is 1. The molecule has 9 amide bonds. The van der Waals surface area contributed by atoms with Crippen LogP contribution in [0.4, 0.5) is 0 Å². The lowest BCUT2D eigenvalue weighted by molar-refractivity contribution is -0.139. The van der Waals surface area contributed by atoms with Gasteiger partial charge >= 0.3 is 5.97 Å². The van der Waals surface area contributed by atoms with Crippen molar-refractivity contribution in [3.8, 4) is 11.5 Å². The molecular weight excluding hydrogens is 899 g/mol. The largest absolute Gasteiger partial charge is 0.504 e. The highest BCUT2D eigenvalue weighted by Gasteiger charge is 2.44. The van der Waals surface area contributed by atoms with E-state index in [0.29, 0.717) is 24.8 Å². The van der Waals surface area contributed by atoms with Gasteiger partial charge in [0.25, 0.3) is 0 Å². The van der Waals surface area contributed by atoms with Gasteiger partial charge in [-0.2, -0.15) is 0 Å². The Morgan fingerprint density at radius 3 is 2.12 bits per heavy atom. The summed E-state index contributed by atoms with van der Waals surface area (Å²) in [7, 11) is -0.817. The molecule has 24 heteroatoms. The summed E-state index contributed by atoms with van der Waals surface area (Å²) in [4.78, 5) is 132. The van der Waals surface area contributed by atoms with Gasteiger partial charge < -0.3 is 63.6 Å². The summed E-state index contributed by atoms with van der Waals surface area (Å²) in [5.74, 6) is -10.7. The number of carboxylic acid groups (broad SMARTS) is 1. The summed E-state index contributed by atoms with van der Waals surface area (Å²) in [5, 5.41) is 37.7. The monoisotopic (exact) mass is 963 g/mol. The number of rotatable bonds is 12. The summed E-state index contributed by atoms with van der Waals surface area (Å²) in [5.41, 5.74) is 9.69. The summed E-state index contributed by atoms with van der Waals surface area (Å²) in [6.07, 6.45) is 0.519. The molecule has 67 heavy (non-hydrogen) atoms. The van der Waals surface area contributed by atoms with Crippen molar-refractivity contribution in [1.82, 2.24) is 37.2 Å². The molecule has 13 N–H and O–H groups in total. The first-order valence-corrected chi connectivity index (χ1v) is 23.7. The molecule has 0 bridgehead atoms. The maximum atomic E-state index is 14.6. The zero-order valence-electron chi connectivity index (χ0n) is 38.1. The van der Waals surface area contributed by atoms with E-state index in [4.69, 9.17) is 16.2 Å². The highest BCUT2D eigenvalue weighted by Crippen LogP contribution is 2.30. The third-order valence-electron chi connectivity index (χ3n) is 11.2. The Kier molecular flexibility index (Phi) is 21.9. The second-order valence-electron chi connectivity index (χ2n) is 17.2. The Bertz CT molecular complexity index is 2010. The van der Waals surface area contributed by atoms with Crippen molar-refractivity contribution in [2.24, 2.45) is 17.4 Å². The fourth-order valence-corrected chi connectivity index (χ4v) is 8.81. The first-order chi connectivity index (χ1) is 31.6. The quantitative estimate of drug-likeness (QED) is 0.107. The van der Waals surface area contributed by atoms with Crippen molar-refractivity contribution in [2.45, 2.75) is 139 Å². The molecule has 2 aliphatic rings. The SMILES string of the molecule is COc1cc(C[C@@H]2NC(=O)[C@H](CC(C)C)NC(=O)[C@H](CCCC(=O)O)NC(=O)C[S@](=O)C[C@H](C(N)=O)NC(=O)CCCCNC(=O)[C@H](CC(N)=O)NC(=O)C3(CCCCC3)NC2=O)ccc1O. The molecule has 1 aromatic rings. The van der Waals surface area contributed by atoms with Crippen LogP contribution in [0.2, 0.25) is 0 Å². The molecule has 3 rings (SSSR count).